The minimum absolute atomic E-state index is 0.0174. The third kappa shape index (κ3) is 3.65. The van der Waals surface area contributed by atoms with Crippen molar-refractivity contribution in [3.63, 3.8) is 0 Å². The summed E-state index contributed by atoms with van der Waals surface area (Å²) in [6, 6.07) is 0. The van der Waals surface area contributed by atoms with E-state index in [1.807, 2.05) is 13.8 Å². The van der Waals surface area contributed by atoms with Gasteiger partial charge in [0.2, 0.25) is 6.29 Å². The molecule has 0 amide bonds. The van der Waals surface area contributed by atoms with Crippen molar-refractivity contribution in [3.8, 4) is 0 Å². The summed E-state index contributed by atoms with van der Waals surface area (Å²) < 4.78 is 10.4. The molecule has 1 aliphatic heterocycles. The SMILES string of the molecule is CCC(CC)C(=O)OC1CC(O)C(O)C(CO)O1. The van der Waals surface area contributed by atoms with Gasteiger partial charge in [-0.3, -0.25) is 4.79 Å². The molecular formula is C12H22O6. The van der Waals surface area contributed by atoms with Crippen molar-refractivity contribution in [3.05, 3.63) is 0 Å². The molecule has 0 spiro atoms. The maximum atomic E-state index is 11.7. The van der Waals surface area contributed by atoms with Gasteiger partial charge in [0.15, 0.2) is 0 Å². The van der Waals surface area contributed by atoms with Crippen LogP contribution in [0.15, 0.2) is 0 Å². The van der Waals surface area contributed by atoms with E-state index in [1.54, 1.807) is 0 Å². The Kier molecular flexibility index (Phi) is 6.01. The van der Waals surface area contributed by atoms with Crippen molar-refractivity contribution >= 4 is 5.97 Å². The fourth-order valence-electron chi connectivity index (χ4n) is 1.99. The molecule has 0 radical (unpaired) electrons. The molecule has 4 atom stereocenters. The second-order valence-corrected chi connectivity index (χ2v) is 4.53. The summed E-state index contributed by atoms with van der Waals surface area (Å²) >= 11 is 0. The average Bonchev–Trinajstić information content (AvgIpc) is 2.35. The molecule has 3 N–H and O–H groups in total. The fraction of sp³-hybridized carbons (Fsp3) is 0.917. The van der Waals surface area contributed by atoms with Crippen LogP contribution in [-0.2, 0) is 14.3 Å². The molecule has 6 heteroatoms. The molecule has 0 bridgehead atoms. The Morgan fingerprint density at radius 3 is 2.50 bits per heavy atom. The van der Waals surface area contributed by atoms with E-state index in [-0.39, 0.29) is 18.3 Å². The van der Waals surface area contributed by atoms with Crippen LogP contribution in [0.1, 0.15) is 33.1 Å². The molecule has 18 heavy (non-hydrogen) atoms. The molecule has 0 aromatic heterocycles. The number of hydrogen-bond donors (Lipinski definition) is 3. The number of rotatable bonds is 5. The standard InChI is InChI=1S/C12H22O6/c1-3-7(4-2)12(16)18-10-5-8(14)11(15)9(6-13)17-10/h7-11,13-15H,3-6H2,1-2H3. The largest absolute Gasteiger partial charge is 0.435 e. The van der Waals surface area contributed by atoms with Crippen LogP contribution in [0.3, 0.4) is 0 Å². The van der Waals surface area contributed by atoms with Gasteiger partial charge in [-0.25, -0.2) is 0 Å². The Hall–Kier alpha value is -0.690. The summed E-state index contributed by atoms with van der Waals surface area (Å²) in [7, 11) is 0. The van der Waals surface area contributed by atoms with Gasteiger partial charge in [0.25, 0.3) is 0 Å². The number of esters is 1. The van der Waals surface area contributed by atoms with Crippen molar-refractivity contribution < 1.29 is 29.6 Å². The molecular weight excluding hydrogens is 240 g/mol. The minimum Gasteiger partial charge on any atom is -0.435 e. The van der Waals surface area contributed by atoms with Crippen LogP contribution >= 0.6 is 0 Å². The molecule has 0 aromatic carbocycles. The predicted molar refractivity (Wildman–Crippen MR) is 62.5 cm³/mol. The van der Waals surface area contributed by atoms with Crippen LogP contribution in [0.2, 0.25) is 0 Å². The van der Waals surface area contributed by atoms with E-state index in [4.69, 9.17) is 14.6 Å². The Morgan fingerprint density at radius 2 is 2.00 bits per heavy atom. The van der Waals surface area contributed by atoms with Gasteiger partial charge < -0.3 is 24.8 Å². The molecule has 1 saturated heterocycles. The fourth-order valence-corrected chi connectivity index (χ4v) is 1.99. The Labute approximate surface area is 107 Å². The molecule has 0 aromatic rings. The highest BCUT2D eigenvalue weighted by atomic mass is 16.7. The van der Waals surface area contributed by atoms with E-state index in [0.717, 1.165) is 0 Å². The van der Waals surface area contributed by atoms with Crippen molar-refractivity contribution in [1.82, 2.24) is 0 Å². The number of carbonyl (C=O) groups excluding carboxylic acids is 1. The highest BCUT2D eigenvalue weighted by molar-refractivity contribution is 5.72. The van der Waals surface area contributed by atoms with Gasteiger partial charge in [-0.2, -0.15) is 0 Å². The highest BCUT2D eigenvalue weighted by Gasteiger charge is 2.38. The van der Waals surface area contributed by atoms with Crippen LogP contribution in [0.5, 0.6) is 0 Å². The molecule has 1 fully saturated rings. The van der Waals surface area contributed by atoms with Gasteiger partial charge in [-0.15, -0.1) is 0 Å². The van der Waals surface area contributed by atoms with E-state index in [0.29, 0.717) is 12.8 Å². The van der Waals surface area contributed by atoms with Gasteiger partial charge in [-0.1, -0.05) is 13.8 Å². The second-order valence-electron chi connectivity index (χ2n) is 4.53. The predicted octanol–water partition coefficient (Wildman–Crippen LogP) is -0.205. The summed E-state index contributed by atoms with van der Waals surface area (Å²) in [5.74, 6) is -0.560. The number of aliphatic hydroxyl groups excluding tert-OH is 3. The lowest BCUT2D eigenvalue weighted by Gasteiger charge is -2.36. The smallest absolute Gasteiger partial charge is 0.311 e. The van der Waals surface area contributed by atoms with Crippen LogP contribution in [-0.4, -0.2) is 52.5 Å². The van der Waals surface area contributed by atoms with Gasteiger partial charge in [0.05, 0.1) is 18.6 Å². The van der Waals surface area contributed by atoms with Gasteiger partial charge >= 0.3 is 5.97 Å². The second kappa shape index (κ2) is 7.04. The maximum absolute atomic E-state index is 11.7. The third-order valence-corrected chi connectivity index (χ3v) is 3.28. The first-order chi connectivity index (χ1) is 8.53. The first kappa shape index (κ1) is 15.4. The third-order valence-electron chi connectivity index (χ3n) is 3.28. The molecule has 1 heterocycles. The molecule has 4 unspecified atom stereocenters. The summed E-state index contributed by atoms with van der Waals surface area (Å²) in [5.41, 5.74) is 0. The Balaban J connectivity index is 2.55. The molecule has 1 rings (SSSR count). The van der Waals surface area contributed by atoms with E-state index >= 15 is 0 Å². The number of aliphatic hydroxyl groups is 3. The number of hydrogen-bond acceptors (Lipinski definition) is 6. The van der Waals surface area contributed by atoms with E-state index < -0.39 is 31.2 Å². The minimum atomic E-state index is -1.15. The first-order valence-electron chi connectivity index (χ1n) is 6.36. The van der Waals surface area contributed by atoms with Crippen molar-refractivity contribution in [1.29, 1.82) is 0 Å². The summed E-state index contributed by atoms with van der Waals surface area (Å²) in [4.78, 5) is 11.7. The summed E-state index contributed by atoms with van der Waals surface area (Å²) in [6.07, 6.45) is -2.67. The van der Waals surface area contributed by atoms with Gasteiger partial charge in [-0.05, 0) is 12.8 Å². The lowest BCUT2D eigenvalue weighted by Crippen LogP contribution is -2.51. The van der Waals surface area contributed by atoms with Crippen LogP contribution in [0, 0.1) is 5.92 Å². The molecule has 6 nitrogen and oxygen atoms in total. The highest BCUT2D eigenvalue weighted by Crippen LogP contribution is 2.22. The van der Waals surface area contributed by atoms with Crippen molar-refractivity contribution in [2.24, 2.45) is 5.92 Å². The van der Waals surface area contributed by atoms with Crippen LogP contribution in [0.25, 0.3) is 0 Å². The molecule has 1 aliphatic rings. The number of carbonyl (C=O) groups is 1. The van der Waals surface area contributed by atoms with Gasteiger partial charge in [0, 0.05) is 6.42 Å². The Morgan fingerprint density at radius 1 is 1.39 bits per heavy atom. The zero-order valence-electron chi connectivity index (χ0n) is 10.8. The van der Waals surface area contributed by atoms with E-state index in [9.17, 15) is 15.0 Å². The van der Waals surface area contributed by atoms with Crippen LogP contribution < -0.4 is 0 Å². The van der Waals surface area contributed by atoms with Gasteiger partial charge in [0.1, 0.15) is 12.2 Å². The Bertz CT molecular complexity index is 265. The average molecular weight is 262 g/mol. The molecule has 0 saturated carbocycles. The summed E-state index contributed by atoms with van der Waals surface area (Å²) in [5, 5.41) is 28.1. The zero-order chi connectivity index (χ0) is 13.7. The maximum Gasteiger partial charge on any atom is 0.311 e. The lowest BCUT2D eigenvalue weighted by atomic mass is 10.0. The van der Waals surface area contributed by atoms with Crippen molar-refractivity contribution in [2.45, 2.75) is 57.7 Å². The monoisotopic (exact) mass is 262 g/mol. The molecule has 0 aliphatic carbocycles. The van der Waals surface area contributed by atoms with Crippen molar-refractivity contribution in [2.75, 3.05) is 6.61 Å². The van der Waals surface area contributed by atoms with E-state index in [1.165, 1.54) is 0 Å². The number of ether oxygens (including phenoxy) is 2. The summed E-state index contributed by atoms with van der Waals surface area (Å²) in [6.45, 7) is 3.36. The topological polar surface area (TPSA) is 96.2 Å². The molecule has 106 valence electrons. The first-order valence-corrected chi connectivity index (χ1v) is 6.36. The van der Waals surface area contributed by atoms with Crippen LogP contribution in [0.4, 0.5) is 0 Å². The quantitative estimate of drug-likeness (QED) is 0.594. The lowest BCUT2D eigenvalue weighted by molar-refractivity contribution is -0.253. The normalized spacial score (nSPS) is 32.6. The zero-order valence-corrected chi connectivity index (χ0v) is 10.8. The van der Waals surface area contributed by atoms with E-state index in [2.05, 4.69) is 0 Å².